The number of nitrogens with zero attached hydrogens (tertiary/aromatic N) is 1. The number of aliphatic carboxylic acids is 1. The lowest BCUT2D eigenvalue weighted by Gasteiger charge is -2.06. The molecule has 16 heavy (non-hydrogen) atoms. The van der Waals surface area contributed by atoms with E-state index in [1.807, 2.05) is 0 Å². The summed E-state index contributed by atoms with van der Waals surface area (Å²) in [6.07, 6.45) is 0.523. The van der Waals surface area contributed by atoms with Gasteiger partial charge in [-0.05, 0) is 6.92 Å². The molecule has 1 heterocycles. The second-order valence-electron chi connectivity index (χ2n) is 3.20. The van der Waals surface area contributed by atoms with Crippen LogP contribution in [0.25, 0.3) is 0 Å². The van der Waals surface area contributed by atoms with Crippen LogP contribution in [0.15, 0.2) is 5.38 Å². The van der Waals surface area contributed by atoms with Crippen molar-refractivity contribution in [1.29, 1.82) is 0 Å². The fourth-order valence-electron chi connectivity index (χ4n) is 1.01. The van der Waals surface area contributed by atoms with Gasteiger partial charge in [-0.2, -0.15) is 0 Å². The van der Waals surface area contributed by atoms with Gasteiger partial charge in [0.2, 0.25) is 0 Å². The molecule has 1 unspecified atom stereocenters. The highest BCUT2D eigenvalue weighted by molar-refractivity contribution is 7.09. The Morgan fingerprint density at radius 2 is 2.25 bits per heavy atom. The van der Waals surface area contributed by atoms with E-state index in [0.29, 0.717) is 18.0 Å². The van der Waals surface area contributed by atoms with E-state index in [4.69, 9.17) is 10.2 Å². The van der Waals surface area contributed by atoms with E-state index < -0.39 is 18.0 Å². The summed E-state index contributed by atoms with van der Waals surface area (Å²) >= 11 is 1.26. The van der Waals surface area contributed by atoms with Gasteiger partial charge in [0.1, 0.15) is 6.04 Å². The smallest absolute Gasteiger partial charge is 0.355 e. The Balaban J connectivity index is 2.37. The standard InChI is InChI=1S/C9H12N2O4S/c1-5(8(12)13)10-3-2-7-11-6(4-16-7)9(14)15/h4-5,10H,2-3H2,1H3,(H,12,13)(H,14,15). The van der Waals surface area contributed by atoms with E-state index in [2.05, 4.69) is 10.3 Å². The van der Waals surface area contributed by atoms with Crippen LogP contribution in [-0.2, 0) is 11.2 Å². The molecule has 0 aliphatic rings. The quantitative estimate of drug-likeness (QED) is 0.671. The molecule has 0 bridgehead atoms. The Kier molecular flexibility index (Phi) is 4.39. The molecule has 1 aromatic heterocycles. The van der Waals surface area contributed by atoms with Gasteiger partial charge in [0.05, 0.1) is 5.01 Å². The van der Waals surface area contributed by atoms with E-state index in [-0.39, 0.29) is 5.69 Å². The summed E-state index contributed by atoms with van der Waals surface area (Å²) in [7, 11) is 0. The molecule has 0 saturated heterocycles. The summed E-state index contributed by atoms with van der Waals surface area (Å²) in [5.74, 6) is -1.96. The highest BCUT2D eigenvalue weighted by Gasteiger charge is 2.11. The number of carboxylic acid groups (broad SMARTS) is 2. The van der Waals surface area contributed by atoms with E-state index >= 15 is 0 Å². The van der Waals surface area contributed by atoms with Crippen molar-refractivity contribution in [3.63, 3.8) is 0 Å². The summed E-state index contributed by atoms with van der Waals surface area (Å²) in [5, 5.41) is 22.2. The van der Waals surface area contributed by atoms with Gasteiger partial charge in [0.15, 0.2) is 5.69 Å². The van der Waals surface area contributed by atoms with Gasteiger partial charge in [-0.15, -0.1) is 11.3 Å². The fourth-order valence-corrected chi connectivity index (χ4v) is 1.78. The van der Waals surface area contributed by atoms with Crippen molar-refractivity contribution in [2.75, 3.05) is 6.54 Å². The fraction of sp³-hybridized carbons (Fsp3) is 0.444. The molecular formula is C9H12N2O4S. The molecule has 6 nitrogen and oxygen atoms in total. The number of nitrogens with one attached hydrogen (secondary N) is 1. The van der Waals surface area contributed by atoms with Gasteiger partial charge in [0, 0.05) is 18.3 Å². The third-order valence-electron chi connectivity index (χ3n) is 1.93. The molecule has 0 fully saturated rings. The van der Waals surface area contributed by atoms with Crippen molar-refractivity contribution in [2.45, 2.75) is 19.4 Å². The van der Waals surface area contributed by atoms with E-state index in [1.54, 1.807) is 6.92 Å². The average Bonchev–Trinajstić information content (AvgIpc) is 2.66. The van der Waals surface area contributed by atoms with Gasteiger partial charge in [-0.3, -0.25) is 4.79 Å². The average molecular weight is 244 g/mol. The number of carboxylic acids is 2. The van der Waals surface area contributed by atoms with Crippen LogP contribution < -0.4 is 5.32 Å². The van der Waals surface area contributed by atoms with Gasteiger partial charge in [0.25, 0.3) is 0 Å². The van der Waals surface area contributed by atoms with Crippen LogP contribution >= 0.6 is 11.3 Å². The molecule has 0 spiro atoms. The molecule has 0 radical (unpaired) electrons. The summed E-state index contributed by atoms with van der Waals surface area (Å²) in [6.45, 7) is 2.01. The lowest BCUT2D eigenvalue weighted by Crippen LogP contribution is -2.34. The lowest BCUT2D eigenvalue weighted by molar-refractivity contribution is -0.138. The molecule has 1 aromatic rings. The highest BCUT2D eigenvalue weighted by atomic mass is 32.1. The topological polar surface area (TPSA) is 99.5 Å². The lowest BCUT2D eigenvalue weighted by atomic mass is 10.3. The van der Waals surface area contributed by atoms with Gasteiger partial charge in [-0.25, -0.2) is 9.78 Å². The second-order valence-corrected chi connectivity index (χ2v) is 4.14. The zero-order valence-electron chi connectivity index (χ0n) is 8.64. The normalized spacial score (nSPS) is 12.3. The molecule has 1 rings (SSSR count). The van der Waals surface area contributed by atoms with Crippen molar-refractivity contribution in [2.24, 2.45) is 0 Å². The third-order valence-corrected chi connectivity index (χ3v) is 2.84. The first-order valence-corrected chi connectivity index (χ1v) is 5.52. The van der Waals surface area contributed by atoms with Crippen LogP contribution in [0.3, 0.4) is 0 Å². The maximum absolute atomic E-state index is 10.5. The van der Waals surface area contributed by atoms with Crippen molar-refractivity contribution >= 4 is 23.3 Å². The minimum Gasteiger partial charge on any atom is -0.480 e. The Hall–Kier alpha value is -1.47. The van der Waals surface area contributed by atoms with E-state index in [1.165, 1.54) is 16.7 Å². The van der Waals surface area contributed by atoms with Crippen LogP contribution in [0, 0.1) is 0 Å². The predicted octanol–water partition coefficient (Wildman–Crippen LogP) is 0.447. The number of aromatic carboxylic acids is 1. The molecule has 0 aromatic carbocycles. The molecule has 88 valence electrons. The van der Waals surface area contributed by atoms with Crippen LogP contribution in [0.4, 0.5) is 0 Å². The van der Waals surface area contributed by atoms with E-state index in [0.717, 1.165) is 0 Å². The maximum Gasteiger partial charge on any atom is 0.355 e. The first kappa shape index (κ1) is 12.6. The summed E-state index contributed by atoms with van der Waals surface area (Å²) in [4.78, 5) is 24.9. The number of hydrogen-bond donors (Lipinski definition) is 3. The number of carbonyl (C=O) groups is 2. The zero-order valence-corrected chi connectivity index (χ0v) is 9.45. The van der Waals surface area contributed by atoms with Crippen molar-refractivity contribution < 1.29 is 19.8 Å². The van der Waals surface area contributed by atoms with Crippen LogP contribution in [-0.4, -0.2) is 39.7 Å². The predicted molar refractivity (Wildman–Crippen MR) is 57.9 cm³/mol. The first-order valence-electron chi connectivity index (χ1n) is 4.64. The van der Waals surface area contributed by atoms with Crippen molar-refractivity contribution in [1.82, 2.24) is 10.3 Å². The van der Waals surface area contributed by atoms with Gasteiger partial charge < -0.3 is 15.5 Å². The first-order chi connectivity index (χ1) is 7.50. The molecule has 3 N–H and O–H groups in total. The minimum atomic E-state index is -1.05. The second kappa shape index (κ2) is 5.57. The molecule has 0 saturated carbocycles. The highest BCUT2D eigenvalue weighted by Crippen LogP contribution is 2.09. The number of thiazole rings is 1. The van der Waals surface area contributed by atoms with Crippen LogP contribution in [0.5, 0.6) is 0 Å². The maximum atomic E-state index is 10.5. The Morgan fingerprint density at radius 3 is 2.75 bits per heavy atom. The van der Waals surface area contributed by atoms with Crippen molar-refractivity contribution in [3.05, 3.63) is 16.1 Å². The Bertz CT molecular complexity index is 391. The monoisotopic (exact) mass is 244 g/mol. The number of aromatic nitrogens is 1. The minimum absolute atomic E-state index is 0.0336. The van der Waals surface area contributed by atoms with Crippen LogP contribution in [0.2, 0.25) is 0 Å². The third kappa shape index (κ3) is 3.59. The van der Waals surface area contributed by atoms with E-state index in [9.17, 15) is 9.59 Å². The largest absolute Gasteiger partial charge is 0.480 e. The summed E-state index contributed by atoms with van der Waals surface area (Å²) in [6, 6.07) is -0.612. The van der Waals surface area contributed by atoms with Gasteiger partial charge in [-0.1, -0.05) is 0 Å². The molecule has 0 amide bonds. The zero-order chi connectivity index (χ0) is 12.1. The number of hydrogen-bond acceptors (Lipinski definition) is 5. The molecule has 7 heteroatoms. The number of rotatable bonds is 6. The molecule has 1 atom stereocenters. The molecular weight excluding hydrogens is 232 g/mol. The Labute approximate surface area is 95.9 Å². The summed E-state index contributed by atoms with van der Waals surface area (Å²) in [5.41, 5.74) is 0.0336. The van der Waals surface area contributed by atoms with Gasteiger partial charge >= 0.3 is 11.9 Å². The van der Waals surface area contributed by atoms with Crippen molar-refractivity contribution in [3.8, 4) is 0 Å². The SMILES string of the molecule is CC(NCCc1nc(C(=O)O)cs1)C(=O)O. The molecule has 0 aliphatic carbocycles. The summed E-state index contributed by atoms with van der Waals surface area (Å²) < 4.78 is 0. The molecule has 0 aliphatic heterocycles. The Morgan fingerprint density at radius 1 is 1.56 bits per heavy atom. The van der Waals surface area contributed by atoms with Crippen LogP contribution in [0.1, 0.15) is 22.4 Å².